The van der Waals surface area contributed by atoms with Crippen LogP contribution in [0.15, 0.2) is 40.9 Å². The second-order valence-corrected chi connectivity index (χ2v) is 5.21. The highest BCUT2D eigenvalue weighted by Crippen LogP contribution is 2.22. The van der Waals surface area contributed by atoms with Crippen LogP contribution in [0.4, 0.5) is 4.39 Å². The molecule has 0 N–H and O–H groups in total. The smallest absolute Gasteiger partial charge is 0.193 e. The van der Waals surface area contributed by atoms with E-state index >= 15 is 0 Å². The molecule has 92 valence electrons. The molecule has 1 nitrogen and oxygen atoms in total. The molecule has 2 aromatic rings. The van der Waals surface area contributed by atoms with Gasteiger partial charge in [-0.2, -0.15) is 0 Å². The van der Waals surface area contributed by atoms with Crippen LogP contribution in [0.2, 0.25) is 5.02 Å². The van der Waals surface area contributed by atoms with Crippen LogP contribution in [0.5, 0.6) is 0 Å². The van der Waals surface area contributed by atoms with Gasteiger partial charge in [-0.1, -0.05) is 17.7 Å². The molecule has 0 aliphatic rings. The lowest BCUT2D eigenvalue weighted by molar-refractivity contribution is 0.103. The monoisotopic (exact) mass is 326 g/mol. The maximum atomic E-state index is 13.1. The second-order valence-electron chi connectivity index (χ2n) is 3.92. The first-order valence-corrected chi connectivity index (χ1v) is 6.42. The average molecular weight is 328 g/mol. The van der Waals surface area contributed by atoms with E-state index in [-0.39, 0.29) is 10.3 Å². The quantitative estimate of drug-likeness (QED) is 0.725. The van der Waals surface area contributed by atoms with E-state index in [0.717, 1.165) is 5.56 Å². The van der Waals surface area contributed by atoms with Crippen molar-refractivity contribution in [3.63, 3.8) is 0 Å². The Morgan fingerprint density at radius 1 is 1.22 bits per heavy atom. The molecule has 0 atom stereocenters. The van der Waals surface area contributed by atoms with Gasteiger partial charge in [0.1, 0.15) is 5.82 Å². The largest absolute Gasteiger partial charge is 0.289 e. The molecule has 2 aromatic carbocycles. The van der Waals surface area contributed by atoms with Gasteiger partial charge >= 0.3 is 0 Å². The van der Waals surface area contributed by atoms with Crippen LogP contribution in [0.25, 0.3) is 0 Å². The molecule has 0 aliphatic carbocycles. The van der Waals surface area contributed by atoms with Crippen molar-refractivity contribution in [2.45, 2.75) is 6.92 Å². The minimum atomic E-state index is -0.394. The van der Waals surface area contributed by atoms with Gasteiger partial charge in [0.2, 0.25) is 0 Å². The third-order valence-electron chi connectivity index (χ3n) is 2.63. The first-order valence-electron chi connectivity index (χ1n) is 5.25. The van der Waals surface area contributed by atoms with Gasteiger partial charge in [-0.3, -0.25) is 4.79 Å². The van der Waals surface area contributed by atoms with E-state index < -0.39 is 5.82 Å². The van der Waals surface area contributed by atoms with Crippen molar-refractivity contribution in [1.29, 1.82) is 0 Å². The fraction of sp³-hybridized carbons (Fsp3) is 0.0714. The zero-order valence-corrected chi connectivity index (χ0v) is 11.8. The highest BCUT2D eigenvalue weighted by molar-refractivity contribution is 9.10. The molecule has 0 amide bonds. The van der Waals surface area contributed by atoms with E-state index in [2.05, 4.69) is 15.9 Å². The predicted molar refractivity (Wildman–Crippen MR) is 73.7 cm³/mol. The SMILES string of the molecule is Cc1ccc(Cl)cc1C(=O)c1ccc(F)c(Br)c1. The number of aryl methyl sites for hydroxylation is 1. The van der Waals surface area contributed by atoms with Gasteiger partial charge in [-0.15, -0.1) is 0 Å². The summed E-state index contributed by atoms with van der Waals surface area (Å²) in [5, 5.41) is 0.505. The summed E-state index contributed by atoms with van der Waals surface area (Å²) in [6, 6.07) is 9.33. The number of hydrogen-bond donors (Lipinski definition) is 0. The van der Waals surface area contributed by atoms with Gasteiger partial charge in [0.05, 0.1) is 4.47 Å². The molecule has 0 aliphatic heterocycles. The highest BCUT2D eigenvalue weighted by atomic mass is 79.9. The topological polar surface area (TPSA) is 17.1 Å². The number of ketones is 1. The Bertz CT molecular complexity index is 625. The zero-order chi connectivity index (χ0) is 13.3. The molecule has 0 unspecified atom stereocenters. The van der Waals surface area contributed by atoms with Gasteiger partial charge < -0.3 is 0 Å². The normalized spacial score (nSPS) is 10.4. The standard InChI is InChI=1S/C14H9BrClFO/c1-8-2-4-10(16)7-11(8)14(18)9-3-5-13(17)12(15)6-9/h2-7H,1H3. The summed E-state index contributed by atoms with van der Waals surface area (Å²) < 4.78 is 13.4. The van der Waals surface area contributed by atoms with E-state index in [9.17, 15) is 9.18 Å². The Kier molecular flexibility index (Phi) is 3.83. The Balaban J connectivity index is 2.47. The third kappa shape index (κ3) is 2.62. The molecule has 0 radical (unpaired) electrons. The highest BCUT2D eigenvalue weighted by Gasteiger charge is 2.13. The van der Waals surface area contributed by atoms with Gasteiger partial charge in [-0.25, -0.2) is 4.39 Å². The van der Waals surface area contributed by atoms with Crippen LogP contribution in [0, 0.1) is 12.7 Å². The molecule has 18 heavy (non-hydrogen) atoms. The minimum absolute atomic E-state index is 0.171. The summed E-state index contributed by atoms with van der Waals surface area (Å²) in [5.74, 6) is -0.565. The van der Waals surface area contributed by atoms with Gasteiger partial charge in [-0.05, 0) is 58.7 Å². The Morgan fingerprint density at radius 3 is 2.61 bits per heavy atom. The molecular formula is C14H9BrClFO. The van der Waals surface area contributed by atoms with E-state index in [1.165, 1.54) is 18.2 Å². The van der Waals surface area contributed by atoms with E-state index in [1.807, 2.05) is 6.92 Å². The fourth-order valence-corrected chi connectivity index (χ4v) is 2.18. The number of benzene rings is 2. The molecule has 0 heterocycles. The third-order valence-corrected chi connectivity index (χ3v) is 3.47. The molecule has 2 rings (SSSR count). The lowest BCUT2D eigenvalue weighted by atomic mass is 9.99. The van der Waals surface area contributed by atoms with Gasteiger partial charge in [0, 0.05) is 16.1 Å². The zero-order valence-electron chi connectivity index (χ0n) is 9.51. The number of halogens is 3. The van der Waals surface area contributed by atoms with Crippen molar-refractivity contribution < 1.29 is 9.18 Å². The molecule has 0 bridgehead atoms. The molecule has 0 spiro atoms. The molecule has 0 saturated heterocycles. The van der Waals surface area contributed by atoms with Crippen molar-refractivity contribution in [2.24, 2.45) is 0 Å². The molecular weight excluding hydrogens is 319 g/mol. The Hall–Kier alpha value is -1.19. The summed E-state index contributed by atoms with van der Waals surface area (Å²) >= 11 is 8.95. The lowest BCUT2D eigenvalue weighted by Crippen LogP contribution is -2.04. The van der Waals surface area contributed by atoms with Crippen molar-refractivity contribution in [2.75, 3.05) is 0 Å². The van der Waals surface area contributed by atoms with E-state index in [1.54, 1.807) is 18.2 Å². The van der Waals surface area contributed by atoms with E-state index in [4.69, 9.17) is 11.6 Å². The van der Waals surface area contributed by atoms with Crippen molar-refractivity contribution in [3.05, 3.63) is 68.4 Å². The van der Waals surface area contributed by atoms with Gasteiger partial charge in [0.25, 0.3) is 0 Å². The van der Waals surface area contributed by atoms with Crippen molar-refractivity contribution >= 4 is 33.3 Å². The van der Waals surface area contributed by atoms with Crippen LogP contribution in [0.1, 0.15) is 21.5 Å². The maximum Gasteiger partial charge on any atom is 0.193 e. The number of carbonyl (C=O) groups is 1. The van der Waals surface area contributed by atoms with Crippen LogP contribution in [-0.2, 0) is 0 Å². The summed E-state index contributed by atoms with van der Waals surface area (Å²) in [5.41, 5.74) is 1.79. The first-order chi connectivity index (χ1) is 8.49. The molecule has 0 aromatic heterocycles. The second kappa shape index (κ2) is 5.21. The van der Waals surface area contributed by atoms with Gasteiger partial charge in [0.15, 0.2) is 5.78 Å². The number of carbonyl (C=O) groups excluding carboxylic acids is 1. The fourth-order valence-electron chi connectivity index (χ4n) is 1.63. The molecule has 0 fully saturated rings. The molecule has 0 saturated carbocycles. The van der Waals surface area contributed by atoms with Crippen LogP contribution in [0.3, 0.4) is 0 Å². The first kappa shape index (κ1) is 13.2. The molecule has 4 heteroatoms. The predicted octanol–water partition coefficient (Wildman–Crippen LogP) is 4.78. The van der Waals surface area contributed by atoms with Crippen LogP contribution >= 0.6 is 27.5 Å². The number of hydrogen-bond acceptors (Lipinski definition) is 1. The lowest BCUT2D eigenvalue weighted by Gasteiger charge is -2.06. The maximum absolute atomic E-state index is 13.1. The van der Waals surface area contributed by atoms with E-state index in [0.29, 0.717) is 16.1 Å². The van der Waals surface area contributed by atoms with Crippen LogP contribution in [-0.4, -0.2) is 5.78 Å². The average Bonchev–Trinajstić information content (AvgIpc) is 2.35. The minimum Gasteiger partial charge on any atom is -0.289 e. The summed E-state index contributed by atoms with van der Waals surface area (Å²) in [7, 11) is 0. The number of rotatable bonds is 2. The summed E-state index contributed by atoms with van der Waals surface area (Å²) in [4.78, 5) is 12.3. The summed E-state index contributed by atoms with van der Waals surface area (Å²) in [6.07, 6.45) is 0. The van der Waals surface area contributed by atoms with Crippen molar-refractivity contribution in [1.82, 2.24) is 0 Å². The Morgan fingerprint density at radius 2 is 1.94 bits per heavy atom. The summed E-state index contributed by atoms with van der Waals surface area (Å²) in [6.45, 7) is 1.84. The Labute approximate surface area is 118 Å². The van der Waals surface area contributed by atoms with Crippen molar-refractivity contribution in [3.8, 4) is 0 Å². The van der Waals surface area contributed by atoms with Crippen LogP contribution < -0.4 is 0 Å².